The second-order valence-electron chi connectivity index (χ2n) is 3.41. The first-order chi connectivity index (χ1) is 5.77. The van der Waals surface area contributed by atoms with Crippen LogP contribution in [0, 0.1) is 0 Å². The van der Waals surface area contributed by atoms with Gasteiger partial charge >= 0.3 is 6.03 Å². The molecular formula is C9H18N2O. The minimum Gasteiger partial charge on any atom is -0.333 e. The van der Waals surface area contributed by atoms with E-state index in [1.165, 1.54) is 0 Å². The van der Waals surface area contributed by atoms with Crippen LogP contribution in [-0.2, 0) is 0 Å². The predicted molar refractivity (Wildman–Crippen MR) is 49.1 cm³/mol. The Bertz CT molecular complexity index is 143. The van der Waals surface area contributed by atoms with Crippen LogP contribution < -0.4 is 10.6 Å². The van der Waals surface area contributed by atoms with E-state index in [9.17, 15) is 4.79 Å². The van der Waals surface area contributed by atoms with Crippen LogP contribution in [-0.4, -0.2) is 18.1 Å². The maximum absolute atomic E-state index is 11.0. The normalized spacial score (nSPS) is 28.3. The van der Waals surface area contributed by atoms with Crippen molar-refractivity contribution >= 4 is 6.03 Å². The molecule has 0 aromatic heterocycles. The molecule has 0 aromatic carbocycles. The summed E-state index contributed by atoms with van der Waals surface area (Å²) >= 11 is 0. The third-order valence-electron chi connectivity index (χ3n) is 2.32. The molecule has 0 saturated carbocycles. The van der Waals surface area contributed by atoms with Gasteiger partial charge in [-0.15, -0.1) is 0 Å². The molecule has 3 nitrogen and oxygen atoms in total. The summed E-state index contributed by atoms with van der Waals surface area (Å²) in [6, 6.07) is 0.733. The Labute approximate surface area is 73.9 Å². The van der Waals surface area contributed by atoms with Crippen molar-refractivity contribution in [3.63, 3.8) is 0 Å². The van der Waals surface area contributed by atoms with E-state index in [0.29, 0.717) is 12.1 Å². The molecule has 0 spiro atoms. The van der Waals surface area contributed by atoms with E-state index in [4.69, 9.17) is 0 Å². The fraction of sp³-hybridized carbons (Fsp3) is 0.889. The van der Waals surface area contributed by atoms with Crippen LogP contribution in [0.3, 0.4) is 0 Å². The predicted octanol–water partition coefficient (Wildman–Crippen LogP) is 1.64. The second kappa shape index (κ2) is 4.33. The highest BCUT2D eigenvalue weighted by atomic mass is 16.2. The molecule has 1 fully saturated rings. The Morgan fingerprint density at radius 1 is 1.08 bits per heavy atom. The van der Waals surface area contributed by atoms with Crippen LogP contribution in [0.15, 0.2) is 0 Å². The fourth-order valence-electron chi connectivity index (χ4n) is 1.75. The van der Waals surface area contributed by atoms with Gasteiger partial charge in [-0.25, -0.2) is 4.79 Å². The Morgan fingerprint density at radius 2 is 1.50 bits per heavy atom. The minimum atomic E-state index is 0.00639. The lowest BCUT2D eigenvalue weighted by Gasteiger charge is -2.16. The average Bonchev–Trinajstić information content (AvgIpc) is 2.33. The quantitative estimate of drug-likeness (QED) is 0.661. The van der Waals surface area contributed by atoms with E-state index in [0.717, 1.165) is 25.7 Å². The molecule has 1 heterocycles. The number of urea groups is 1. The molecule has 2 amide bonds. The van der Waals surface area contributed by atoms with Crippen molar-refractivity contribution in [1.82, 2.24) is 10.6 Å². The van der Waals surface area contributed by atoms with E-state index in [2.05, 4.69) is 24.5 Å². The van der Waals surface area contributed by atoms with Crippen LogP contribution in [0.4, 0.5) is 4.79 Å². The molecule has 0 radical (unpaired) electrons. The van der Waals surface area contributed by atoms with Crippen molar-refractivity contribution in [2.75, 3.05) is 0 Å². The lowest BCUT2D eigenvalue weighted by Crippen LogP contribution is -2.33. The highest BCUT2D eigenvalue weighted by Crippen LogP contribution is 2.12. The van der Waals surface area contributed by atoms with E-state index in [-0.39, 0.29) is 6.03 Å². The number of nitrogens with one attached hydrogen (secondary N) is 2. The zero-order valence-corrected chi connectivity index (χ0v) is 7.89. The molecule has 1 saturated heterocycles. The lowest BCUT2D eigenvalue weighted by molar-refractivity contribution is 0.246. The summed E-state index contributed by atoms with van der Waals surface area (Å²) in [5.41, 5.74) is 0. The molecule has 0 bridgehead atoms. The molecule has 3 heteroatoms. The van der Waals surface area contributed by atoms with E-state index >= 15 is 0 Å². The number of hydrogen-bond donors (Lipinski definition) is 2. The van der Waals surface area contributed by atoms with E-state index in [1.54, 1.807) is 0 Å². The van der Waals surface area contributed by atoms with Crippen molar-refractivity contribution in [2.45, 2.75) is 51.6 Å². The van der Waals surface area contributed by atoms with Gasteiger partial charge in [0.25, 0.3) is 0 Å². The number of carbonyl (C=O) groups is 1. The molecule has 1 rings (SSSR count). The molecule has 12 heavy (non-hydrogen) atoms. The van der Waals surface area contributed by atoms with Crippen molar-refractivity contribution < 1.29 is 4.79 Å². The summed E-state index contributed by atoms with van der Waals surface area (Å²) in [5, 5.41) is 5.88. The first-order valence-electron chi connectivity index (χ1n) is 4.85. The third kappa shape index (κ3) is 2.13. The Balaban J connectivity index is 2.41. The van der Waals surface area contributed by atoms with Gasteiger partial charge in [0.05, 0.1) is 12.1 Å². The Morgan fingerprint density at radius 3 is 1.83 bits per heavy atom. The number of carbonyl (C=O) groups excluding carboxylic acids is 1. The zero-order valence-electron chi connectivity index (χ0n) is 7.89. The SMILES string of the molecule is CCC[C@@H]1NC(=O)N[C@H]1CCC. The number of amides is 2. The molecule has 1 aliphatic heterocycles. The molecule has 0 unspecified atom stereocenters. The van der Waals surface area contributed by atoms with Gasteiger partial charge in [-0.2, -0.15) is 0 Å². The first-order valence-corrected chi connectivity index (χ1v) is 4.85. The van der Waals surface area contributed by atoms with Crippen molar-refractivity contribution in [3.05, 3.63) is 0 Å². The van der Waals surface area contributed by atoms with Gasteiger partial charge in [-0.05, 0) is 12.8 Å². The van der Waals surface area contributed by atoms with Crippen LogP contribution >= 0.6 is 0 Å². The maximum Gasteiger partial charge on any atom is 0.315 e. The van der Waals surface area contributed by atoms with Crippen LogP contribution in [0.2, 0.25) is 0 Å². The topological polar surface area (TPSA) is 41.1 Å². The molecule has 2 atom stereocenters. The Hall–Kier alpha value is -0.730. The summed E-state index contributed by atoms with van der Waals surface area (Å²) in [6.45, 7) is 4.29. The standard InChI is InChI=1S/C9H18N2O/c1-3-5-7-8(6-4-2)11-9(12)10-7/h7-8H,3-6H2,1-2H3,(H2,10,11,12)/t7-,8-/m0/s1. The molecule has 2 N–H and O–H groups in total. The Kier molecular flexibility index (Phi) is 3.38. The summed E-state index contributed by atoms with van der Waals surface area (Å²) in [5.74, 6) is 0. The van der Waals surface area contributed by atoms with Crippen molar-refractivity contribution in [1.29, 1.82) is 0 Å². The van der Waals surface area contributed by atoms with Gasteiger partial charge in [0.2, 0.25) is 0 Å². The highest BCUT2D eigenvalue weighted by molar-refractivity contribution is 5.77. The highest BCUT2D eigenvalue weighted by Gasteiger charge is 2.29. The van der Waals surface area contributed by atoms with Crippen LogP contribution in [0.5, 0.6) is 0 Å². The maximum atomic E-state index is 11.0. The van der Waals surface area contributed by atoms with Gasteiger partial charge in [0.15, 0.2) is 0 Å². The third-order valence-corrected chi connectivity index (χ3v) is 2.32. The summed E-state index contributed by atoms with van der Waals surface area (Å²) in [7, 11) is 0. The molecular weight excluding hydrogens is 152 g/mol. The monoisotopic (exact) mass is 170 g/mol. The summed E-state index contributed by atoms with van der Waals surface area (Å²) < 4.78 is 0. The summed E-state index contributed by atoms with van der Waals surface area (Å²) in [4.78, 5) is 11.0. The van der Waals surface area contributed by atoms with Crippen LogP contribution in [0.1, 0.15) is 39.5 Å². The minimum absolute atomic E-state index is 0.00639. The van der Waals surface area contributed by atoms with Crippen molar-refractivity contribution in [2.24, 2.45) is 0 Å². The summed E-state index contributed by atoms with van der Waals surface area (Å²) in [6.07, 6.45) is 4.44. The average molecular weight is 170 g/mol. The van der Waals surface area contributed by atoms with Gasteiger partial charge in [-0.3, -0.25) is 0 Å². The van der Waals surface area contributed by atoms with Gasteiger partial charge in [-0.1, -0.05) is 26.7 Å². The molecule has 0 aliphatic carbocycles. The van der Waals surface area contributed by atoms with Gasteiger partial charge in [0.1, 0.15) is 0 Å². The van der Waals surface area contributed by atoms with Crippen LogP contribution in [0.25, 0.3) is 0 Å². The van der Waals surface area contributed by atoms with Gasteiger partial charge < -0.3 is 10.6 Å². The fourth-order valence-corrected chi connectivity index (χ4v) is 1.75. The first kappa shape index (κ1) is 9.36. The van der Waals surface area contributed by atoms with Gasteiger partial charge in [0, 0.05) is 0 Å². The zero-order chi connectivity index (χ0) is 8.97. The second-order valence-corrected chi connectivity index (χ2v) is 3.41. The van der Waals surface area contributed by atoms with E-state index < -0.39 is 0 Å². The smallest absolute Gasteiger partial charge is 0.315 e. The molecule has 70 valence electrons. The number of hydrogen-bond acceptors (Lipinski definition) is 1. The molecule has 1 aliphatic rings. The van der Waals surface area contributed by atoms with E-state index in [1.807, 2.05) is 0 Å². The molecule has 0 aromatic rings. The number of rotatable bonds is 4. The lowest BCUT2D eigenvalue weighted by atomic mass is 10.0. The largest absolute Gasteiger partial charge is 0.333 e. The van der Waals surface area contributed by atoms with Crippen molar-refractivity contribution in [3.8, 4) is 0 Å².